The standard InChI is InChI=1S/C30H26N2O2/c31-24-13-15-25(16-14-24)32-27(17-22-11-6-10-21-9-4-5-12-26(21)22)30-28(33)18-23(19-29(30)34)20-7-2-1-3-8-20/h1-16,23,33H,17-19,31H2. The number of Topliss-reactive ketones (excluding diaryl/α,β-unsaturated/α-hetero) is 1. The summed E-state index contributed by atoms with van der Waals surface area (Å²) in [6, 6.07) is 31.4. The largest absolute Gasteiger partial charge is 0.511 e. The van der Waals surface area contributed by atoms with E-state index in [4.69, 9.17) is 10.7 Å². The maximum Gasteiger partial charge on any atom is 0.168 e. The Labute approximate surface area is 199 Å². The van der Waals surface area contributed by atoms with Crippen LogP contribution in [0.15, 0.2) is 113 Å². The van der Waals surface area contributed by atoms with Gasteiger partial charge in [0.15, 0.2) is 5.78 Å². The Bertz CT molecular complexity index is 1400. The first-order valence-electron chi connectivity index (χ1n) is 11.5. The average molecular weight is 447 g/mol. The zero-order valence-corrected chi connectivity index (χ0v) is 18.8. The molecule has 168 valence electrons. The summed E-state index contributed by atoms with van der Waals surface area (Å²) >= 11 is 0. The van der Waals surface area contributed by atoms with Crippen LogP contribution in [0.3, 0.4) is 0 Å². The van der Waals surface area contributed by atoms with Crippen molar-refractivity contribution in [2.75, 3.05) is 5.73 Å². The van der Waals surface area contributed by atoms with E-state index in [0.717, 1.165) is 21.9 Å². The van der Waals surface area contributed by atoms with E-state index in [1.54, 1.807) is 12.1 Å². The molecule has 0 aliphatic heterocycles. The lowest BCUT2D eigenvalue weighted by atomic mass is 9.80. The third-order valence-corrected chi connectivity index (χ3v) is 6.39. The van der Waals surface area contributed by atoms with Gasteiger partial charge in [-0.1, -0.05) is 72.8 Å². The Morgan fingerprint density at radius 1 is 0.853 bits per heavy atom. The van der Waals surface area contributed by atoms with E-state index in [1.807, 2.05) is 60.7 Å². The Kier molecular flexibility index (Phi) is 5.96. The van der Waals surface area contributed by atoms with Crippen molar-refractivity contribution in [3.8, 4) is 0 Å². The van der Waals surface area contributed by atoms with Crippen LogP contribution in [0.2, 0.25) is 0 Å². The molecule has 1 atom stereocenters. The first-order chi connectivity index (χ1) is 16.6. The third kappa shape index (κ3) is 4.48. The van der Waals surface area contributed by atoms with Crippen molar-refractivity contribution >= 4 is 33.6 Å². The minimum Gasteiger partial charge on any atom is -0.511 e. The van der Waals surface area contributed by atoms with Crippen LogP contribution in [0.5, 0.6) is 0 Å². The second-order valence-electron chi connectivity index (χ2n) is 8.73. The summed E-state index contributed by atoms with van der Waals surface area (Å²) in [6.45, 7) is 0. The summed E-state index contributed by atoms with van der Waals surface area (Å²) in [7, 11) is 0. The van der Waals surface area contributed by atoms with Gasteiger partial charge in [0.25, 0.3) is 0 Å². The van der Waals surface area contributed by atoms with E-state index in [1.165, 1.54) is 0 Å². The van der Waals surface area contributed by atoms with Gasteiger partial charge in [0.05, 0.1) is 17.0 Å². The molecule has 4 aromatic carbocycles. The fraction of sp³-hybridized carbons (Fsp3) is 0.133. The van der Waals surface area contributed by atoms with E-state index in [2.05, 4.69) is 24.3 Å². The molecule has 0 spiro atoms. The summed E-state index contributed by atoms with van der Waals surface area (Å²) in [4.78, 5) is 18.3. The van der Waals surface area contributed by atoms with Crippen LogP contribution in [0.4, 0.5) is 11.4 Å². The summed E-state index contributed by atoms with van der Waals surface area (Å²) < 4.78 is 0. The quantitative estimate of drug-likeness (QED) is 0.265. The Hall–Kier alpha value is -4.18. The minimum atomic E-state index is -0.0768. The van der Waals surface area contributed by atoms with E-state index in [9.17, 15) is 9.90 Å². The van der Waals surface area contributed by atoms with Crippen molar-refractivity contribution in [3.63, 3.8) is 0 Å². The van der Waals surface area contributed by atoms with Gasteiger partial charge in [0, 0.05) is 24.9 Å². The number of rotatable bonds is 5. The number of nitrogens with two attached hydrogens (primary N) is 1. The third-order valence-electron chi connectivity index (χ3n) is 6.39. The van der Waals surface area contributed by atoms with Crippen molar-refractivity contribution in [1.82, 2.24) is 0 Å². The van der Waals surface area contributed by atoms with Gasteiger partial charge in [-0.05, 0) is 52.1 Å². The van der Waals surface area contributed by atoms with Crippen molar-refractivity contribution < 1.29 is 9.90 Å². The first kappa shape index (κ1) is 21.7. The average Bonchev–Trinajstić information content (AvgIpc) is 2.85. The fourth-order valence-corrected chi connectivity index (χ4v) is 4.70. The Morgan fingerprint density at radius 2 is 1.56 bits per heavy atom. The zero-order chi connectivity index (χ0) is 23.5. The smallest absolute Gasteiger partial charge is 0.168 e. The molecule has 0 radical (unpaired) electrons. The minimum absolute atomic E-state index is 0.0345. The molecular weight excluding hydrogens is 420 g/mol. The molecule has 0 fully saturated rings. The Balaban J connectivity index is 1.58. The monoisotopic (exact) mass is 446 g/mol. The van der Waals surface area contributed by atoms with Crippen LogP contribution in [0, 0.1) is 0 Å². The summed E-state index contributed by atoms with van der Waals surface area (Å²) in [5.74, 6) is -0.000603. The Morgan fingerprint density at radius 3 is 2.32 bits per heavy atom. The number of nitrogens with zero attached hydrogens (tertiary/aromatic N) is 1. The summed E-state index contributed by atoms with van der Waals surface area (Å²) in [5.41, 5.74) is 10.2. The topological polar surface area (TPSA) is 75.7 Å². The number of hydrogen-bond acceptors (Lipinski definition) is 4. The molecule has 1 unspecified atom stereocenters. The van der Waals surface area contributed by atoms with Crippen molar-refractivity contribution in [1.29, 1.82) is 0 Å². The van der Waals surface area contributed by atoms with Crippen LogP contribution in [-0.4, -0.2) is 16.6 Å². The number of hydrogen-bond donors (Lipinski definition) is 2. The molecule has 0 heterocycles. The van der Waals surface area contributed by atoms with Crippen molar-refractivity contribution in [3.05, 3.63) is 120 Å². The molecule has 0 saturated heterocycles. The van der Waals surface area contributed by atoms with Gasteiger partial charge in [-0.25, -0.2) is 0 Å². The van der Waals surface area contributed by atoms with Gasteiger partial charge in [-0.3, -0.25) is 9.79 Å². The molecule has 0 amide bonds. The predicted molar refractivity (Wildman–Crippen MR) is 139 cm³/mol. The lowest BCUT2D eigenvalue weighted by Crippen LogP contribution is -2.25. The van der Waals surface area contributed by atoms with Crippen molar-refractivity contribution in [2.24, 2.45) is 4.99 Å². The normalized spacial score (nSPS) is 16.8. The second kappa shape index (κ2) is 9.36. The van der Waals surface area contributed by atoms with E-state index >= 15 is 0 Å². The molecule has 5 rings (SSSR count). The van der Waals surface area contributed by atoms with E-state index in [0.29, 0.717) is 41.9 Å². The van der Waals surface area contributed by atoms with Gasteiger partial charge in [-0.15, -0.1) is 0 Å². The molecule has 4 aromatic rings. The number of ketones is 1. The lowest BCUT2D eigenvalue weighted by molar-refractivity contribution is -0.116. The number of aliphatic imine (C=N–C) groups is 1. The highest BCUT2D eigenvalue weighted by atomic mass is 16.3. The van der Waals surface area contributed by atoms with Gasteiger partial charge in [0.1, 0.15) is 5.76 Å². The molecule has 3 N–H and O–H groups in total. The number of nitrogen functional groups attached to an aromatic ring is 1. The van der Waals surface area contributed by atoms with Gasteiger partial charge < -0.3 is 10.8 Å². The highest BCUT2D eigenvalue weighted by Gasteiger charge is 2.31. The maximum atomic E-state index is 13.4. The molecule has 34 heavy (non-hydrogen) atoms. The zero-order valence-electron chi connectivity index (χ0n) is 18.8. The molecular formula is C30H26N2O2. The SMILES string of the molecule is Nc1ccc(N=C(Cc2cccc3ccccc23)C2=C(O)CC(c3ccccc3)CC2=O)cc1. The second-order valence-corrected chi connectivity index (χ2v) is 8.73. The molecule has 0 bridgehead atoms. The molecule has 4 heteroatoms. The highest BCUT2D eigenvalue weighted by molar-refractivity contribution is 6.24. The number of carbonyl (C=O) groups excluding carboxylic acids is 1. The number of aliphatic hydroxyl groups excluding tert-OH is 1. The highest BCUT2D eigenvalue weighted by Crippen LogP contribution is 2.35. The summed E-state index contributed by atoms with van der Waals surface area (Å²) in [5, 5.41) is 13.4. The van der Waals surface area contributed by atoms with Crippen LogP contribution < -0.4 is 5.73 Å². The number of carbonyl (C=O) groups is 1. The van der Waals surface area contributed by atoms with Crippen LogP contribution in [0.1, 0.15) is 29.9 Å². The molecule has 0 saturated carbocycles. The van der Waals surface area contributed by atoms with Crippen LogP contribution >= 0.6 is 0 Å². The van der Waals surface area contributed by atoms with Gasteiger partial charge in [0.2, 0.25) is 0 Å². The predicted octanol–water partition coefficient (Wildman–Crippen LogP) is 6.70. The number of benzene rings is 4. The van der Waals surface area contributed by atoms with Crippen molar-refractivity contribution in [2.45, 2.75) is 25.2 Å². The first-order valence-corrected chi connectivity index (χ1v) is 11.5. The number of aliphatic hydroxyl groups is 1. The molecule has 1 aliphatic carbocycles. The number of anilines is 1. The molecule has 1 aliphatic rings. The van der Waals surface area contributed by atoms with Crippen LogP contribution in [-0.2, 0) is 11.2 Å². The summed E-state index contributed by atoms with van der Waals surface area (Å²) in [6.07, 6.45) is 1.20. The van der Waals surface area contributed by atoms with Gasteiger partial charge in [-0.2, -0.15) is 0 Å². The van der Waals surface area contributed by atoms with E-state index in [-0.39, 0.29) is 17.5 Å². The maximum absolute atomic E-state index is 13.4. The lowest BCUT2D eigenvalue weighted by Gasteiger charge is -2.25. The van der Waals surface area contributed by atoms with Crippen LogP contribution in [0.25, 0.3) is 10.8 Å². The van der Waals surface area contributed by atoms with E-state index < -0.39 is 0 Å². The molecule has 4 nitrogen and oxygen atoms in total. The molecule has 0 aromatic heterocycles. The number of fused-ring (bicyclic) bond motifs is 1. The van der Waals surface area contributed by atoms with Gasteiger partial charge >= 0.3 is 0 Å². The fourth-order valence-electron chi connectivity index (χ4n) is 4.70. The number of allylic oxidation sites excluding steroid dienone is 2.